The second-order valence-electron chi connectivity index (χ2n) is 6.39. The molecule has 0 saturated carbocycles. The quantitative estimate of drug-likeness (QED) is 0.819. The number of hydrogen-bond donors (Lipinski definition) is 1. The van der Waals surface area contributed by atoms with E-state index < -0.39 is 6.09 Å². The van der Waals surface area contributed by atoms with Gasteiger partial charge >= 0.3 is 6.09 Å². The summed E-state index contributed by atoms with van der Waals surface area (Å²) in [5.41, 5.74) is 1.92. The second-order valence-corrected chi connectivity index (χ2v) is 6.82. The summed E-state index contributed by atoms with van der Waals surface area (Å²) in [5, 5.41) is 7.69. The SMILES string of the molecule is CCOC(=O)N1CCc2nn(CC(=O)NCc3ccc(Cl)cc3)c(=O)cc2C1. The van der Waals surface area contributed by atoms with Gasteiger partial charge in [-0.2, -0.15) is 5.10 Å². The molecule has 1 aliphatic heterocycles. The molecule has 148 valence electrons. The first kappa shape index (κ1) is 19.9. The zero-order valence-corrected chi connectivity index (χ0v) is 16.2. The van der Waals surface area contributed by atoms with Gasteiger partial charge in [0.2, 0.25) is 5.91 Å². The number of ether oxygens (including phenoxy) is 1. The minimum Gasteiger partial charge on any atom is -0.450 e. The van der Waals surface area contributed by atoms with Gasteiger partial charge in [-0.25, -0.2) is 9.48 Å². The Morgan fingerprint density at radius 3 is 2.75 bits per heavy atom. The molecule has 0 spiro atoms. The van der Waals surface area contributed by atoms with Crippen LogP contribution in [0.15, 0.2) is 35.1 Å². The predicted molar refractivity (Wildman–Crippen MR) is 103 cm³/mol. The van der Waals surface area contributed by atoms with E-state index in [0.29, 0.717) is 42.4 Å². The standard InChI is InChI=1S/C19H21ClN4O4/c1-2-28-19(27)23-8-7-16-14(11-23)9-18(26)24(22-16)12-17(25)21-10-13-3-5-15(20)6-4-13/h3-6,9H,2,7-8,10-12H2,1H3,(H,21,25). The van der Waals surface area contributed by atoms with E-state index in [4.69, 9.17) is 16.3 Å². The molecule has 9 heteroatoms. The zero-order chi connectivity index (χ0) is 20.1. The summed E-state index contributed by atoms with van der Waals surface area (Å²) in [7, 11) is 0. The number of nitrogens with one attached hydrogen (secondary N) is 1. The normalized spacial score (nSPS) is 13.0. The van der Waals surface area contributed by atoms with Gasteiger partial charge < -0.3 is 15.0 Å². The van der Waals surface area contributed by atoms with Crippen LogP contribution in [0.1, 0.15) is 23.7 Å². The maximum Gasteiger partial charge on any atom is 0.410 e. The van der Waals surface area contributed by atoms with Crippen molar-refractivity contribution in [3.05, 3.63) is 62.5 Å². The smallest absolute Gasteiger partial charge is 0.410 e. The van der Waals surface area contributed by atoms with Gasteiger partial charge in [0.15, 0.2) is 0 Å². The van der Waals surface area contributed by atoms with Crippen molar-refractivity contribution in [2.75, 3.05) is 13.2 Å². The molecule has 2 heterocycles. The summed E-state index contributed by atoms with van der Waals surface area (Å²) in [4.78, 5) is 37.9. The molecule has 3 rings (SSSR count). The van der Waals surface area contributed by atoms with E-state index >= 15 is 0 Å². The number of aromatic nitrogens is 2. The first-order valence-electron chi connectivity index (χ1n) is 8.99. The molecule has 1 aromatic heterocycles. The van der Waals surface area contributed by atoms with Gasteiger partial charge in [-0.15, -0.1) is 0 Å². The Morgan fingerprint density at radius 2 is 2.04 bits per heavy atom. The first-order chi connectivity index (χ1) is 13.5. The van der Waals surface area contributed by atoms with Crippen molar-refractivity contribution < 1.29 is 14.3 Å². The molecule has 0 unspecified atom stereocenters. The first-order valence-corrected chi connectivity index (χ1v) is 9.37. The van der Waals surface area contributed by atoms with Crippen LogP contribution in [-0.2, 0) is 35.6 Å². The summed E-state index contributed by atoms with van der Waals surface area (Å²) in [5.74, 6) is -0.312. The van der Waals surface area contributed by atoms with E-state index in [1.54, 1.807) is 19.1 Å². The third-order valence-electron chi connectivity index (χ3n) is 4.37. The summed E-state index contributed by atoms with van der Waals surface area (Å²) in [6.45, 7) is 2.95. The van der Waals surface area contributed by atoms with Crippen molar-refractivity contribution in [1.82, 2.24) is 20.0 Å². The molecule has 0 radical (unpaired) electrons. The molecular weight excluding hydrogens is 384 g/mol. The summed E-state index contributed by atoms with van der Waals surface area (Å²) in [6.07, 6.45) is 0.0970. The number of hydrogen-bond acceptors (Lipinski definition) is 5. The lowest BCUT2D eigenvalue weighted by molar-refractivity contribution is -0.122. The number of halogens is 1. The fourth-order valence-corrected chi connectivity index (χ4v) is 3.04. The number of rotatable bonds is 5. The van der Waals surface area contributed by atoms with E-state index in [1.807, 2.05) is 12.1 Å². The van der Waals surface area contributed by atoms with Crippen LogP contribution in [-0.4, -0.2) is 39.8 Å². The summed E-state index contributed by atoms with van der Waals surface area (Å²) < 4.78 is 6.14. The van der Waals surface area contributed by atoms with Crippen molar-refractivity contribution in [2.45, 2.75) is 33.0 Å². The monoisotopic (exact) mass is 404 g/mol. The van der Waals surface area contributed by atoms with Crippen LogP contribution in [0.4, 0.5) is 4.79 Å². The molecule has 0 bridgehead atoms. The van der Waals surface area contributed by atoms with E-state index in [-0.39, 0.29) is 24.6 Å². The molecule has 0 atom stereocenters. The van der Waals surface area contributed by atoms with Gasteiger partial charge in [0.25, 0.3) is 5.56 Å². The van der Waals surface area contributed by atoms with Crippen LogP contribution in [0.2, 0.25) is 5.02 Å². The molecule has 1 N–H and O–H groups in total. The molecule has 2 aromatic rings. The Morgan fingerprint density at radius 1 is 1.29 bits per heavy atom. The zero-order valence-electron chi connectivity index (χ0n) is 15.5. The fourth-order valence-electron chi connectivity index (χ4n) is 2.92. The van der Waals surface area contributed by atoms with E-state index in [0.717, 1.165) is 10.2 Å². The number of nitrogens with zero attached hydrogens (tertiary/aromatic N) is 3. The van der Waals surface area contributed by atoms with Crippen molar-refractivity contribution in [2.24, 2.45) is 0 Å². The van der Waals surface area contributed by atoms with Crippen LogP contribution >= 0.6 is 11.6 Å². The van der Waals surface area contributed by atoms with Gasteiger partial charge in [-0.1, -0.05) is 23.7 Å². The topological polar surface area (TPSA) is 93.5 Å². The van der Waals surface area contributed by atoms with E-state index in [2.05, 4.69) is 10.4 Å². The molecule has 1 aromatic carbocycles. The number of fused-ring (bicyclic) bond motifs is 1. The van der Waals surface area contributed by atoms with Crippen molar-refractivity contribution in [1.29, 1.82) is 0 Å². The molecule has 0 saturated heterocycles. The fraction of sp³-hybridized carbons (Fsp3) is 0.368. The van der Waals surface area contributed by atoms with Crippen molar-refractivity contribution in [3.63, 3.8) is 0 Å². The average Bonchev–Trinajstić information content (AvgIpc) is 2.68. The summed E-state index contributed by atoms with van der Waals surface area (Å²) in [6, 6.07) is 8.57. The highest BCUT2D eigenvalue weighted by atomic mass is 35.5. The number of benzene rings is 1. The van der Waals surface area contributed by atoms with Gasteiger partial charge in [0, 0.05) is 36.2 Å². The molecule has 8 nitrogen and oxygen atoms in total. The van der Waals surface area contributed by atoms with Crippen molar-refractivity contribution in [3.8, 4) is 0 Å². The highest BCUT2D eigenvalue weighted by molar-refractivity contribution is 6.30. The summed E-state index contributed by atoms with van der Waals surface area (Å²) >= 11 is 5.84. The molecule has 0 fully saturated rings. The molecule has 2 amide bonds. The lowest BCUT2D eigenvalue weighted by Crippen LogP contribution is -2.40. The van der Waals surface area contributed by atoms with Gasteiger partial charge in [0.05, 0.1) is 18.8 Å². The maximum absolute atomic E-state index is 12.3. The molecule has 28 heavy (non-hydrogen) atoms. The Labute approximate surface area is 167 Å². The van der Waals surface area contributed by atoms with E-state index in [1.165, 1.54) is 11.0 Å². The van der Waals surface area contributed by atoms with Crippen LogP contribution < -0.4 is 10.9 Å². The second kappa shape index (κ2) is 8.88. The van der Waals surface area contributed by atoms with Crippen LogP contribution in [0.25, 0.3) is 0 Å². The Kier molecular flexibility index (Phi) is 6.30. The third-order valence-corrected chi connectivity index (χ3v) is 4.62. The number of amides is 2. The molecule has 0 aliphatic carbocycles. The van der Waals surface area contributed by atoms with Gasteiger partial charge in [-0.05, 0) is 24.6 Å². The Bertz CT molecular complexity index is 927. The minimum absolute atomic E-state index is 0.165. The van der Waals surface area contributed by atoms with Crippen LogP contribution in [0.5, 0.6) is 0 Å². The highest BCUT2D eigenvalue weighted by Crippen LogP contribution is 2.16. The Hall–Kier alpha value is -2.87. The Balaban J connectivity index is 1.62. The lowest BCUT2D eigenvalue weighted by Gasteiger charge is -2.27. The average molecular weight is 405 g/mol. The predicted octanol–water partition coefficient (Wildman–Crippen LogP) is 1.73. The molecule has 1 aliphatic rings. The minimum atomic E-state index is -0.404. The van der Waals surface area contributed by atoms with E-state index in [9.17, 15) is 14.4 Å². The lowest BCUT2D eigenvalue weighted by atomic mass is 10.1. The van der Waals surface area contributed by atoms with Crippen LogP contribution in [0, 0.1) is 0 Å². The van der Waals surface area contributed by atoms with Crippen molar-refractivity contribution >= 4 is 23.6 Å². The van der Waals surface area contributed by atoms with Gasteiger partial charge in [0.1, 0.15) is 6.54 Å². The number of carbonyl (C=O) groups is 2. The molecular formula is C19H21ClN4O4. The third kappa shape index (κ3) is 4.89. The largest absolute Gasteiger partial charge is 0.450 e. The highest BCUT2D eigenvalue weighted by Gasteiger charge is 2.24. The maximum atomic E-state index is 12.3. The van der Waals surface area contributed by atoms with Crippen LogP contribution in [0.3, 0.4) is 0 Å². The van der Waals surface area contributed by atoms with Gasteiger partial charge in [-0.3, -0.25) is 9.59 Å². The number of carbonyl (C=O) groups excluding carboxylic acids is 2.